The second-order valence-electron chi connectivity index (χ2n) is 5.40. The minimum Gasteiger partial charge on any atom is -0.325 e. The molecule has 2 aromatic heterocycles. The summed E-state index contributed by atoms with van der Waals surface area (Å²) in [7, 11) is -8.41. The van der Waals surface area contributed by atoms with Crippen LogP contribution in [0.4, 0.5) is 17.3 Å². The molecule has 0 atom stereocenters. The standard InChI is InChI=1S/C16H12N4O4S2/c21-25(22)13-5-1-2-6-14(13)26(23,24)20(25)12-8-9-16(18-11-12)19-15-7-3-4-10-17-15/h1-11H,(H,17,18,19). The SMILES string of the molecule is O=S1(=O)c2ccccc2S(=O)(=O)N1c1ccc(Nc2ccccn2)nc1. The van der Waals surface area contributed by atoms with Gasteiger partial charge in [-0.3, -0.25) is 0 Å². The highest BCUT2D eigenvalue weighted by molar-refractivity contribution is 8.12. The lowest BCUT2D eigenvalue weighted by Crippen LogP contribution is -2.30. The van der Waals surface area contributed by atoms with Crippen molar-refractivity contribution in [1.29, 1.82) is 0 Å². The summed E-state index contributed by atoms with van der Waals surface area (Å²) in [5.74, 6) is 0.959. The third-order valence-electron chi connectivity index (χ3n) is 3.72. The smallest absolute Gasteiger partial charge is 0.279 e. The van der Waals surface area contributed by atoms with E-state index in [2.05, 4.69) is 15.3 Å². The quantitative estimate of drug-likeness (QED) is 0.732. The molecular weight excluding hydrogens is 376 g/mol. The molecule has 0 amide bonds. The number of benzene rings is 1. The second-order valence-corrected chi connectivity index (χ2v) is 9.14. The molecule has 0 aliphatic carbocycles. The lowest BCUT2D eigenvalue weighted by atomic mass is 10.4. The van der Waals surface area contributed by atoms with Gasteiger partial charge in [0.2, 0.25) is 0 Å². The molecule has 0 radical (unpaired) electrons. The van der Waals surface area contributed by atoms with Crippen LogP contribution in [0.2, 0.25) is 0 Å². The summed E-state index contributed by atoms with van der Waals surface area (Å²) < 4.78 is 51.1. The van der Waals surface area contributed by atoms with Gasteiger partial charge in [-0.15, -0.1) is 0 Å². The highest BCUT2D eigenvalue weighted by Crippen LogP contribution is 2.39. The number of hydrogen-bond donors (Lipinski definition) is 1. The van der Waals surface area contributed by atoms with Gasteiger partial charge in [0, 0.05) is 6.20 Å². The zero-order chi connectivity index (χ0) is 18.4. The van der Waals surface area contributed by atoms with E-state index in [1.165, 1.54) is 42.6 Å². The molecule has 4 rings (SSSR count). The fourth-order valence-corrected chi connectivity index (χ4v) is 7.02. The van der Waals surface area contributed by atoms with Gasteiger partial charge < -0.3 is 5.32 Å². The minimum atomic E-state index is -4.21. The second kappa shape index (κ2) is 5.78. The highest BCUT2D eigenvalue weighted by Gasteiger charge is 2.47. The molecule has 10 heteroatoms. The number of anilines is 3. The van der Waals surface area contributed by atoms with Crippen LogP contribution in [-0.4, -0.2) is 26.8 Å². The van der Waals surface area contributed by atoms with Gasteiger partial charge in [0.05, 0.1) is 11.9 Å². The van der Waals surface area contributed by atoms with E-state index in [4.69, 9.17) is 0 Å². The molecule has 1 aliphatic rings. The third kappa shape index (κ3) is 2.50. The largest absolute Gasteiger partial charge is 0.325 e. The van der Waals surface area contributed by atoms with Crippen LogP contribution in [0.3, 0.4) is 0 Å². The third-order valence-corrected chi connectivity index (χ3v) is 8.15. The van der Waals surface area contributed by atoms with E-state index in [9.17, 15) is 16.8 Å². The van der Waals surface area contributed by atoms with Gasteiger partial charge in [0.25, 0.3) is 20.0 Å². The Labute approximate surface area is 150 Å². The minimum absolute atomic E-state index is 0.0622. The molecule has 0 saturated carbocycles. The van der Waals surface area contributed by atoms with Gasteiger partial charge >= 0.3 is 0 Å². The fourth-order valence-electron chi connectivity index (χ4n) is 2.60. The Bertz CT molecular complexity index is 1130. The lowest BCUT2D eigenvalue weighted by Gasteiger charge is -2.16. The maximum absolute atomic E-state index is 12.7. The van der Waals surface area contributed by atoms with E-state index in [-0.39, 0.29) is 15.5 Å². The number of rotatable bonds is 3. The Morgan fingerprint density at radius 3 is 1.88 bits per heavy atom. The number of aromatic nitrogens is 2. The number of sulfonamides is 2. The van der Waals surface area contributed by atoms with Gasteiger partial charge in [-0.25, -0.2) is 9.97 Å². The van der Waals surface area contributed by atoms with Crippen molar-refractivity contribution in [2.24, 2.45) is 0 Å². The van der Waals surface area contributed by atoms with Crippen LogP contribution in [-0.2, 0) is 20.0 Å². The summed E-state index contributed by atoms with van der Waals surface area (Å²) in [6, 6.07) is 13.7. The topological polar surface area (TPSA) is 109 Å². The van der Waals surface area contributed by atoms with Crippen LogP contribution in [0.15, 0.2) is 76.8 Å². The monoisotopic (exact) mass is 388 g/mol. The summed E-state index contributed by atoms with van der Waals surface area (Å²) in [6.45, 7) is 0. The van der Waals surface area contributed by atoms with Gasteiger partial charge in [-0.2, -0.15) is 20.5 Å². The summed E-state index contributed by atoms with van der Waals surface area (Å²) in [5, 5.41) is 2.94. The molecule has 1 aromatic carbocycles. The van der Waals surface area contributed by atoms with E-state index in [0.29, 0.717) is 15.3 Å². The van der Waals surface area contributed by atoms with Gasteiger partial charge in [0.15, 0.2) is 0 Å². The molecule has 1 N–H and O–H groups in total. The van der Waals surface area contributed by atoms with Gasteiger partial charge in [-0.1, -0.05) is 18.2 Å². The molecule has 0 bridgehead atoms. The molecule has 3 heterocycles. The first-order valence-corrected chi connectivity index (χ1v) is 10.3. The molecule has 3 aromatic rings. The molecular formula is C16H12N4O4S2. The highest BCUT2D eigenvalue weighted by atomic mass is 32.3. The predicted octanol–water partition coefficient (Wildman–Crippen LogP) is 2.12. The van der Waals surface area contributed by atoms with Gasteiger partial charge in [-0.05, 0) is 36.4 Å². The molecule has 1 aliphatic heterocycles. The summed E-state index contributed by atoms with van der Waals surface area (Å²) in [4.78, 5) is 7.70. The first-order valence-electron chi connectivity index (χ1n) is 7.44. The maximum Gasteiger partial charge on any atom is 0.279 e. The van der Waals surface area contributed by atoms with Crippen molar-refractivity contribution in [2.45, 2.75) is 9.79 Å². The average Bonchev–Trinajstić information content (AvgIpc) is 2.80. The van der Waals surface area contributed by atoms with Gasteiger partial charge in [0.1, 0.15) is 21.4 Å². The average molecular weight is 388 g/mol. The van der Waals surface area contributed by atoms with E-state index >= 15 is 0 Å². The fraction of sp³-hybridized carbons (Fsp3) is 0. The molecule has 0 saturated heterocycles. The van der Waals surface area contributed by atoms with Crippen molar-refractivity contribution in [2.75, 3.05) is 9.03 Å². The Morgan fingerprint density at radius 2 is 1.35 bits per heavy atom. The molecule has 0 unspecified atom stereocenters. The lowest BCUT2D eigenvalue weighted by molar-refractivity contribution is 0.593. The van der Waals surface area contributed by atoms with Crippen molar-refractivity contribution in [3.8, 4) is 0 Å². The van der Waals surface area contributed by atoms with E-state index < -0.39 is 20.0 Å². The van der Waals surface area contributed by atoms with E-state index in [1.807, 2.05) is 0 Å². The van der Waals surface area contributed by atoms with E-state index in [1.54, 1.807) is 24.4 Å². The zero-order valence-corrected chi connectivity index (χ0v) is 14.8. The summed E-state index contributed by atoms with van der Waals surface area (Å²) in [6.07, 6.45) is 2.80. The molecule has 0 fully saturated rings. The van der Waals surface area contributed by atoms with Crippen molar-refractivity contribution in [3.63, 3.8) is 0 Å². The predicted molar refractivity (Wildman–Crippen MR) is 95.0 cm³/mol. The number of nitrogens with zero attached hydrogens (tertiary/aromatic N) is 3. The van der Waals surface area contributed by atoms with Crippen molar-refractivity contribution >= 4 is 37.4 Å². The molecule has 26 heavy (non-hydrogen) atoms. The zero-order valence-electron chi connectivity index (χ0n) is 13.1. The van der Waals surface area contributed by atoms with Crippen LogP contribution < -0.4 is 9.03 Å². The van der Waals surface area contributed by atoms with Crippen LogP contribution in [0.1, 0.15) is 0 Å². The van der Waals surface area contributed by atoms with Crippen LogP contribution in [0.5, 0.6) is 0 Å². The van der Waals surface area contributed by atoms with Crippen LogP contribution in [0.25, 0.3) is 0 Å². The van der Waals surface area contributed by atoms with Crippen LogP contribution >= 0.6 is 0 Å². The normalized spacial score (nSPS) is 16.8. The first-order chi connectivity index (χ1) is 12.4. The van der Waals surface area contributed by atoms with Crippen LogP contribution in [0, 0.1) is 0 Å². The van der Waals surface area contributed by atoms with Crippen molar-refractivity contribution in [1.82, 2.24) is 9.97 Å². The number of hydrogen-bond acceptors (Lipinski definition) is 7. The molecule has 0 spiro atoms. The number of fused-ring (bicyclic) bond motifs is 1. The molecule has 8 nitrogen and oxygen atoms in total. The Hall–Kier alpha value is -2.98. The maximum atomic E-state index is 12.7. The Kier molecular flexibility index (Phi) is 3.67. The van der Waals surface area contributed by atoms with Crippen molar-refractivity contribution in [3.05, 3.63) is 67.0 Å². The van der Waals surface area contributed by atoms with Crippen molar-refractivity contribution < 1.29 is 16.8 Å². The number of nitrogens with one attached hydrogen (secondary N) is 1. The summed E-state index contributed by atoms with van der Waals surface area (Å²) in [5.41, 5.74) is -0.0622. The van der Waals surface area contributed by atoms with E-state index in [0.717, 1.165) is 0 Å². The number of pyridine rings is 2. The first kappa shape index (κ1) is 16.5. The Morgan fingerprint density at radius 1 is 0.731 bits per heavy atom. The summed E-state index contributed by atoms with van der Waals surface area (Å²) >= 11 is 0. The Balaban J connectivity index is 1.72. The molecule has 132 valence electrons.